The van der Waals surface area contributed by atoms with E-state index in [0.29, 0.717) is 24.9 Å². The maximum atomic E-state index is 10.0. The van der Waals surface area contributed by atoms with E-state index in [0.717, 1.165) is 17.5 Å². The fourth-order valence-corrected chi connectivity index (χ4v) is 4.38. The van der Waals surface area contributed by atoms with E-state index in [-0.39, 0.29) is 27.8 Å². The summed E-state index contributed by atoms with van der Waals surface area (Å²) < 4.78 is 10.9. The predicted molar refractivity (Wildman–Crippen MR) is 143 cm³/mol. The average Bonchev–Trinajstić information content (AvgIpc) is 2.85. The van der Waals surface area contributed by atoms with Gasteiger partial charge in [-0.2, -0.15) is 5.56 Å². The Morgan fingerprint density at radius 1 is 0.946 bits per heavy atom. The first-order valence-electron chi connectivity index (χ1n) is 12.5. The van der Waals surface area contributed by atoms with Gasteiger partial charge in [-0.05, 0) is 34.9 Å². The van der Waals surface area contributed by atoms with Crippen LogP contribution >= 0.6 is 0 Å². The fraction of sp³-hybridized carbons (Fsp3) is 0.500. The molecule has 5 atom stereocenters. The van der Waals surface area contributed by atoms with Crippen LogP contribution in [-0.4, -0.2) is 64.3 Å². The molecule has 2 unspecified atom stereocenters. The zero-order valence-electron chi connectivity index (χ0n) is 22.4. The number of aliphatic hydroxyl groups is 4. The van der Waals surface area contributed by atoms with Crippen LogP contribution in [-0.2, 0) is 36.3 Å². The monoisotopic (exact) mass is 604 g/mol. The second-order valence-corrected chi connectivity index (χ2v) is 9.82. The van der Waals surface area contributed by atoms with Crippen LogP contribution < -0.4 is 0 Å². The summed E-state index contributed by atoms with van der Waals surface area (Å²) in [5, 5.41) is 39.0. The Bertz CT molecular complexity index is 931. The van der Waals surface area contributed by atoms with Gasteiger partial charge >= 0.3 is 20.4 Å². The summed E-state index contributed by atoms with van der Waals surface area (Å²) in [6.07, 6.45) is -0.484. The summed E-state index contributed by atoms with van der Waals surface area (Å²) in [5.74, 6) is 0.898. The Labute approximate surface area is 236 Å². The first kappa shape index (κ1) is 33.6. The van der Waals surface area contributed by atoms with Crippen molar-refractivity contribution in [2.75, 3.05) is 13.2 Å². The molecule has 1 aliphatic rings. The van der Waals surface area contributed by atoms with Crippen molar-refractivity contribution < 1.29 is 50.3 Å². The number of benzene rings is 2. The fourth-order valence-electron chi connectivity index (χ4n) is 4.38. The molecular weight excluding hydrogens is 563 g/mol. The topological polar surface area (TPSA) is 99.4 Å². The van der Waals surface area contributed by atoms with E-state index in [1.807, 2.05) is 6.07 Å². The van der Waals surface area contributed by atoms with Crippen molar-refractivity contribution in [3.8, 4) is 0 Å². The predicted octanol–water partition coefficient (Wildman–Crippen LogP) is 4.10. The molecule has 0 saturated carbocycles. The number of ether oxygens (including phenoxy) is 2. The Hall–Kier alpha value is -1.40. The number of aliphatic hydroxyl groups excluding tert-OH is 4. The van der Waals surface area contributed by atoms with Crippen LogP contribution in [0.1, 0.15) is 73.8 Å². The number of hydrogen-bond donors (Lipinski definition) is 4. The first-order chi connectivity index (χ1) is 16.7. The maximum absolute atomic E-state index is 10.0. The van der Waals surface area contributed by atoms with Gasteiger partial charge in [-0.1, -0.05) is 58.4 Å². The molecule has 37 heavy (non-hydrogen) atoms. The summed E-state index contributed by atoms with van der Waals surface area (Å²) in [4.78, 5) is 0. The first-order valence-corrected chi connectivity index (χ1v) is 12.5. The molecule has 0 radical (unpaired) electrons. The molecule has 3 rings (SSSR count). The third-order valence-electron chi connectivity index (χ3n) is 6.49. The molecule has 0 amide bonds. The zero-order chi connectivity index (χ0) is 25.5. The minimum atomic E-state index is -1.43. The van der Waals surface area contributed by atoms with E-state index in [4.69, 9.17) is 9.47 Å². The number of hydrogen-bond acceptors (Lipinski definition) is 6. The molecule has 1 saturated heterocycles. The van der Waals surface area contributed by atoms with Crippen molar-refractivity contribution in [1.29, 1.82) is 0 Å². The molecule has 4 N–H and O–H groups in total. The van der Waals surface area contributed by atoms with Crippen LogP contribution in [0.5, 0.6) is 0 Å². The molecule has 1 fully saturated rings. The smallest absolute Gasteiger partial charge is 0.394 e. The van der Waals surface area contributed by atoms with Gasteiger partial charge < -0.3 is 37.3 Å². The molecule has 0 bridgehead atoms. The van der Waals surface area contributed by atoms with Crippen molar-refractivity contribution in [2.24, 2.45) is 0 Å². The van der Waals surface area contributed by atoms with E-state index >= 15 is 0 Å². The van der Waals surface area contributed by atoms with E-state index in [1.54, 1.807) is 0 Å². The number of aryl methyl sites for hydroxylation is 1. The Kier molecular flexibility index (Phi) is 14.4. The minimum Gasteiger partial charge on any atom is -0.394 e. The molecule has 0 spiro atoms. The van der Waals surface area contributed by atoms with Crippen molar-refractivity contribution in [1.82, 2.24) is 0 Å². The standard InChI is InChI=1S/C29H39O6.CH3.Pd/c1-18(2)22-8-5-9-23(19(3)4)24(22)15-14-21-12-10-20(11-13-21)7-6-16-34-29-28(33)27(32)26(31)25(17-30)35-29;;/h5,8-12,14-15,18-19,25-33H,6-7,16-17H2,1-4H3;1H3;/q2*-1;+2/b15-14+;;/t25?,26-,27+,28?,29-;;/m1../s1. The van der Waals surface area contributed by atoms with E-state index in [9.17, 15) is 20.4 Å². The normalized spacial score (nSPS) is 23.8. The van der Waals surface area contributed by atoms with Crippen LogP contribution in [0.4, 0.5) is 0 Å². The largest absolute Gasteiger partial charge is 2.00 e. The van der Waals surface area contributed by atoms with Crippen molar-refractivity contribution in [3.05, 3.63) is 77.7 Å². The van der Waals surface area contributed by atoms with Gasteiger partial charge in [-0.3, -0.25) is 0 Å². The van der Waals surface area contributed by atoms with E-state index < -0.39 is 37.3 Å². The molecule has 7 heteroatoms. The van der Waals surface area contributed by atoms with Crippen LogP contribution in [0.3, 0.4) is 0 Å². The second-order valence-electron chi connectivity index (χ2n) is 9.82. The molecule has 2 aromatic rings. The summed E-state index contributed by atoms with van der Waals surface area (Å²) in [5.41, 5.74) is 6.12. The molecule has 208 valence electrons. The van der Waals surface area contributed by atoms with Gasteiger partial charge in [0.05, 0.1) is 6.61 Å². The Morgan fingerprint density at radius 2 is 1.59 bits per heavy atom. The van der Waals surface area contributed by atoms with Gasteiger partial charge in [0, 0.05) is 6.61 Å². The van der Waals surface area contributed by atoms with Gasteiger partial charge in [-0.25, -0.2) is 0 Å². The van der Waals surface area contributed by atoms with Crippen molar-refractivity contribution in [3.63, 3.8) is 0 Å². The van der Waals surface area contributed by atoms with Crippen molar-refractivity contribution in [2.45, 2.75) is 83.1 Å². The van der Waals surface area contributed by atoms with E-state index in [1.165, 1.54) is 16.7 Å². The third-order valence-corrected chi connectivity index (χ3v) is 6.49. The molecule has 0 aliphatic carbocycles. The summed E-state index contributed by atoms with van der Waals surface area (Å²) >= 11 is 0. The molecule has 6 nitrogen and oxygen atoms in total. The van der Waals surface area contributed by atoms with Gasteiger partial charge in [-0.15, -0.1) is 35.9 Å². The van der Waals surface area contributed by atoms with Crippen LogP contribution in [0, 0.1) is 13.5 Å². The van der Waals surface area contributed by atoms with Crippen LogP contribution in [0.15, 0.2) is 36.4 Å². The van der Waals surface area contributed by atoms with Crippen LogP contribution in [0.2, 0.25) is 0 Å². The van der Waals surface area contributed by atoms with Crippen molar-refractivity contribution >= 4 is 12.2 Å². The van der Waals surface area contributed by atoms with Gasteiger partial charge in [0.25, 0.3) is 0 Å². The average molecular weight is 605 g/mol. The molecule has 1 aliphatic heterocycles. The maximum Gasteiger partial charge on any atom is 2.00 e. The summed E-state index contributed by atoms with van der Waals surface area (Å²) in [6, 6.07) is 16.0. The summed E-state index contributed by atoms with van der Waals surface area (Å²) in [6.45, 7) is 8.72. The quantitative estimate of drug-likeness (QED) is 0.141. The van der Waals surface area contributed by atoms with E-state index in [2.05, 4.69) is 76.2 Å². The molecule has 0 aromatic heterocycles. The molecule has 2 aromatic carbocycles. The zero-order valence-corrected chi connectivity index (χ0v) is 24.0. The molecule has 1 heterocycles. The minimum absolute atomic E-state index is 0. The van der Waals surface area contributed by atoms with Gasteiger partial charge in [0.15, 0.2) is 6.29 Å². The second kappa shape index (κ2) is 15.9. The Balaban J connectivity index is 0.00000342. The van der Waals surface area contributed by atoms with Gasteiger partial charge in [0.1, 0.15) is 24.4 Å². The molecular formula is C30H42O6Pd. The van der Waals surface area contributed by atoms with Crippen LogP contribution in [0.25, 0.3) is 12.2 Å². The Morgan fingerprint density at radius 3 is 2.14 bits per heavy atom. The number of rotatable bonds is 10. The van der Waals surface area contributed by atoms with Gasteiger partial charge in [0.2, 0.25) is 0 Å². The summed E-state index contributed by atoms with van der Waals surface area (Å²) in [7, 11) is 0. The third kappa shape index (κ3) is 8.81. The SMILES string of the molecule is CC(C)c1cccc(C(C)C)c1/C=C/c1[c-]cc(CCCO[C@@H]2OC(CO)[C@@H](O)[C@H](O)C2O)cc1.[CH3-].[Pd+2].